The Kier molecular flexibility index (Phi) is 4.75. The number of rotatable bonds is 5. The van der Waals surface area contributed by atoms with E-state index in [0.29, 0.717) is 11.4 Å². The van der Waals surface area contributed by atoms with E-state index >= 15 is 0 Å². The largest absolute Gasteiger partial charge is 0.494 e. The smallest absolute Gasteiger partial charge is 0.119 e. The van der Waals surface area contributed by atoms with Gasteiger partial charge in [-0.15, -0.1) is 11.8 Å². The van der Waals surface area contributed by atoms with Crippen LogP contribution in [0.1, 0.15) is 37.6 Å². The van der Waals surface area contributed by atoms with Gasteiger partial charge in [-0.1, -0.05) is 26.0 Å². The molecule has 94 valence electrons. The lowest BCUT2D eigenvalue weighted by Crippen LogP contribution is -2.24. The fraction of sp³-hybridized carbons (Fsp3) is 0.571. The second-order valence-corrected chi connectivity index (χ2v) is 5.54. The number of thioether (sulfide) groups is 1. The highest BCUT2D eigenvalue weighted by Gasteiger charge is 2.24. The van der Waals surface area contributed by atoms with Crippen LogP contribution in [-0.2, 0) is 0 Å². The number of ether oxygens (including phenoxy) is 1. The molecule has 1 aliphatic rings. The second kappa shape index (κ2) is 6.31. The van der Waals surface area contributed by atoms with Gasteiger partial charge in [0.25, 0.3) is 0 Å². The third kappa shape index (κ3) is 3.39. The molecule has 2 nitrogen and oxygen atoms in total. The second-order valence-electron chi connectivity index (χ2n) is 4.41. The van der Waals surface area contributed by atoms with Crippen LogP contribution in [0.5, 0.6) is 5.75 Å². The van der Waals surface area contributed by atoms with Crippen LogP contribution in [0.4, 0.5) is 0 Å². The molecule has 2 atom stereocenters. The molecule has 17 heavy (non-hydrogen) atoms. The molecule has 1 saturated heterocycles. The van der Waals surface area contributed by atoms with Crippen molar-refractivity contribution in [3.63, 3.8) is 0 Å². The number of benzene rings is 1. The standard InChI is InChI=1S/C14H21NOS/c1-3-8-16-13-7-5-6-11(9-13)14-15-12(4-2)10-17-14/h5-7,9,12,14-15H,3-4,8,10H2,1-2H3. The summed E-state index contributed by atoms with van der Waals surface area (Å²) in [4.78, 5) is 0. The highest BCUT2D eigenvalue weighted by molar-refractivity contribution is 7.99. The van der Waals surface area contributed by atoms with Crippen LogP contribution in [0.25, 0.3) is 0 Å². The summed E-state index contributed by atoms with van der Waals surface area (Å²) in [5.41, 5.74) is 1.33. The maximum atomic E-state index is 5.67. The van der Waals surface area contributed by atoms with Crippen molar-refractivity contribution in [3.8, 4) is 5.75 Å². The Bertz CT molecular complexity index is 356. The summed E-state index contributed by atoms with van der Waals surface area (Å²) in [7, 11) is 0. The molecule has 1 aromatic rings. The average molecular weight is 251 g/mol. The van der Waals surface area contributed by atoms with E-state index in [2.05, 4.69) is 37.4 Å². The Morgan fingerprint density at radius 3 is 3.00 bits per heavy atom. The van der Waals surface area contributed by atoms with Crippen molar-refractivity contribution in [2.24, 2.45) is 0 Å². The first-order chi connectivity index (χ1) is 8.33. The van der Waals surface area contributed by atoms with E-state index in [4.69, 9.17) is 4.74 Å². The summed E-state index contributed by atoms with van der Waals surface area (Å²) in [6, 6.07) is 9.13. The molecular weight excluding hydrogens is 230 g/mol. The van der Waals surface area contributed by atoms with Crippen LogP contribution in [0.15, 0.2) is 24.3 Å². The van der Waals surface area contributed by atoms with Gasteiger partial charge >= 0.3 is 0 Å². The minimum atomic E-state index is 0.435. The number of nitrogens with one attached hydrogen (secondary N) is 1. The van der Waals surface area contributed by atoms with Crippen molar-refractivity contribution in [3.05, 3.63) is 29.8 Å². The van der Waals surface area contributed by atoms with Crippen LogP contribution in [-0.4, -0.2) is 18.4 Å². The quantitative estimate of drug-likeness (QED) is 0.864. The van der Waals surface area contributed by atoms with Crippen LogP contribution in [0, 0.1) is 0 Å². The minimum Gasteiger partial charge on any atom is -0.494 e. The Balaban J connectivity index is 2.01. The van der Waals surface area contributed by atoms with E-state index < -0.39 is 0 Å². The van der Waals surface area contributed by atoms with Gasteiger partial charge in [-0.05, 0) is 30.5 Å². The molecule has 1 heterocycles. The predicted octanol–water partition coefficient (Wildman–Crippen LogP) is 3.59. The molecule has 0 saturated carbocycles. The van der Waals surface area contributed by atoms with E-state index in [9.17, 15) is 0 Å². The van der Waals surface area contributed by atoms with Gasteiger partial charge in [0.15, 0.2) is 0 Å². The van der Waals surface area contributed by atoms with Crippen molar-refractivity contribution in [1.29, 1.82) is 0 Å². The summed E-state index contributed by atoms with van der Waals surface area (Å²) in [5, 5.41) is 4.08. The molecule has 2 unspecified atom stereocenters. The number of hydrogen-bond acceptors (Lipinski definition) is 3. The SMILES string of the molecule is CCCOc1cccc(C2NC(CC)CS2)c1. The molecule has 0 aromatic heterocycles. The summed E-state index contributed by atoms with van der Waals surface area (Å²) in [5.74, 6) is 2.20. The highest BCUT2D eigenvalue weighted by atomic mass is 32.2. The first-order valence-corrected chi connectivity index (χ1v) is 7.48. The van der Waals surface area contributed by atoms with Crippen LogP contribution >= 0.6 is 11.8 Å². The van der Waals surface area contributed by atoms with Crippen LogP contribution in [0.2, 0.25) is 0 Å². The van der Waals surface area contributed by atoms with Crippen molar-refractivity contribution in [2.45, 2.75) is 38.1 Å². The van der Waals surface area contributed by atoms with Gasteiger partial charge in [-0.3, -0.25) is 5.32 Å². The third-order valence-corrected chi connectivity index (χ3v) is 4.31. The Morgan fingerprint density at radius 2 is 2.29 bits per heavy atom. The topological polar surface area (TPSA) is 21.3 Å². The van der Waals surface area contributed by atoms with Crippen LogP contribution in [0.3, 0.4) is 0 Å². The van der Waals surface area contributed by atoms with E-state index in [1.54, 1.807) is 0 Å². The van der Waals surface area contributed by atoms with Gasteiger partial charge in [0.1, 0.15) is 5.75 Å². The van der Waals surface area contributed by atoms with E-state index in [1.165, 1.54) is 17.7 Å². The highest BCUT2D eigenvalue weighted by Crippen LogP contribution is 2.34. The van der Waals surface area contributed by atoms with Crippen molar-refractivity contribution < 1.29 is 4.74 Å². The lowest BCUT2D eigenvalue weighted by Gasteiger charge is -2.13. The molecule has 0 amide bonds. The monoisotopic (exact) mass is 251 g/mol. The molecule has 0 bridgehead atoms. The molecule has 2 rings (SSSR count). The predicted molar refractivity (Wildman–Crippen MR) is 74.6 cm³/mol. The maximum absolute atomic E-state index is 5.67. The fourth-order valence-corrected chi connectivity index (χ4v) is 3.32. The minimum absolute atomic E-state index is 0.435. The molecule has 1 N–H and O–H groups in total. The Morgan fingerprint density at radius 1 is 1.41 bits per heavy atom. The van der Waals surface area contributed by atoms with Gasteiger partial charge in [-0.25, -0.2) is 0 Å². The third-order valence-electron chi connectivity index (χ3n) is 2.98. The zero-order valence-electron chi connectivity index (χ0n) is 10.6. The zero-order valence-corrected chi connectivity index (χ0v) is 11.4. The molecule has 1 aromatic carbocycles. The normalized spacial score (nSPS) is 23.9. The maximum Gasteiger partial charge on any atom is 0.119 e. The van der Waals surface area contributed by atoms with Gasteiger partial charge in [0.05, 0.1) is 12.0 Å². The lowest BCUT2D eigenvalue weighted by molar-refractivity contribution is 0.317. The van der Waals surface area contributed by atoms with Crippen molar-refractivity contribution >= 4 is 11.8 Å². The molecule has 1 aliphatic heterocycles. The Hall–Kier alpha value is -0.670. The van der Waals surface area contributed by atoms with Gasteiger partial charge in [0, 0.05) is 11.8 Å². The van der Waals surface area contributed by atoms with E-state index in [0.717, 1.165) is 18.8 Å². The first kappa shape index (κ1) is 12.8. The van der Waals surface area contributed by atoms with E-state index in [-0.39, 0.29) is 0 Å². The summed E-state index contributed by atoms with van der Waals surface area (Å²) in [6.45, 7) is 5.16. The van der Waals surface area contributed by atoms with Gasteiger partial charge in [-0.2, -0.15) is 0 Å². The average Bonchev–Trinajstić information content (AvgIpc) is 2.85. The lowest BCUT2D eigenvalue weighted by atomic mass is 10.2. The molecule has 0 spiro atoms. The summed E-state index contributed by atoms with van der Waals surface area (Å²) >= 11 is 1.99. The molecular formula is C14H21NOS. The molecule has 3 heteroatoms. The summed E-state index contributed by atoms with van der Waals surface area (Å²) in [6.07, 6.45) is 2.26. The molecule has 0 radical (unpaired) electrons. The summed E-state index contributed by atoms with van der Waals surface area (Å²) < 4.78 is 5.67. The molecule has 0 aliphatic carbocycles. The van der Waals surface area contributed by atoms with Crippen molar-refractivity contribution in [1.82, 2.24) is 5.32 Å². The van der Waals surface area contributed by atoms with Gasteiger partial charge in [0.2, 0.25) is 0 Å². The van der Waals surface area contributed by atoms with Crippen molar-refractivity contribution in [2.75, 3.05) is 12.4 Å². The van der Waals surface area contributed by atoms with Crippen LogP contribution < -0.4 is 10.1 Å². The first-order valence-electron chi connectivity index (χ1n) is 6.44. The zero-order chi connectivity index (χ0) is 12.1. The van der Waals surface area contributed by atoms with Gasteiger partial charge < -0.3 is 4.74 Å². The van der Waals surface area contributed by atoms with E-state index in [1.807, 2.05) is 17.8 Å². The Labute approximate surface area is 108 Å². The fourth-order valence-electron chi connectivity index (χ4n) is 1.94. The molecule has 1 fully saturated rings. The number of hydrogen-bond donors (Lipinski definition) is 1.